The van der Waals surface area contributed by atoms with Gasteiger partial charge in [-0.3, -0.25) is 19.8 Å². The summed E-state index contributed by atoms with van der Waals surface area (Å²) in [6.07, 6.45) is 3.03. The number of amides is 1. The van der Waals surface area contributed by atoms with Gasteiger partial charge in [0.2, 0.25) is 6.20 Å². The predicted molar refractivity (Wildman–Crippen MR) is 78.9 cm³/mol. The molecule has 9 heteroatoms. The van der Waals surface area contributed by atoms with Crippen LogP contribution in [0.2, 0.25) is 0 Å². The number of halogens is 1. The van der Waals surface area contributed by atoms with Crippen molar-refractivity contribution in [2.75, 3.05) is 14.2 Å². The SMILES string of the molecule is COc1cc(/C=C2N=C(/C=C/[N+](=O)[O-])N(C)C/2=O)cc(F)c1O. The van der Waals surface area contributed by atoms with Gasteiger partial charge in [-0.1, -0.05) is 0 Å². The molecule has 0 bridgehead atoms. The van der Waals surface area contributed by atoms with Crippen LogP contribution in [-0.4, -0.2) is 40.8 Å². The fourth-order valence-electron chi connectivity index (χ4n) is 1.88. The Bertz CT molecular complexity index is 770. The molecule has 8 nitrogen and oxygen atoms in total. The second-order valence-corrected chi connectivity index (χ2v) is 4.52. The van der Waals surface area contributed by atoms with Gasteiger partial charge in [-0.05, 0) is 23.8 Å². The van der Waals surface area contributed by atoms with Crippen LogP contribution in [0.1, 0.15) is 5.56 Å². The first-order valence-corrected chi connectivity index (χ1v) is 6.30. The lowest BCUT2D eigenvalue weighted by Gasteiger charge is -2.07. The van der Waals surface area contributed by atoms with Crippen molar-refractivity contribution in [2.24, 2.45) is 4.99 Å². The molecule has 0 fully saturated rings. The van der Waals surface area contributed by atoms with Gasteiger partial charge in [0.1, 0.15) is 11.5 Å². The number of methoxy groups -OCH3 is 1. The Morgan fingerprint density at radius 2 is 2.17 bits per heavy atom. The highest BCUT2D eigenvalue weighted by Crippen LogP contribution is 2.31. The van der Waals surface area contributed by atoms with Gasteiger partial charge in [0.25, 0.3) is 5.91 Å². The first-order chi connectivity index (χ1) is 10.8. The zero-order valence-electron chi connectivity index (χ0n) is 12.2. The lowest BCUT2D eigenvalue weighted by Crippen LogP contribution is -2.26. The number of phenolic OH excluding ortho intramolecular Hbond substituents is 1. The molecule has 1 aliphatic rings. The van der Waals surface area contributed by atoms with Crippen LogP contribution in [0, 0.1) is 15.9 Å². The summed E-state index contributed by atoms with van der Waals surface area (Å²) in [5, 5.41) is 19.8. The Morgan fingerprint density at radius 3 is 2.78 bits per heavy atom. The molecule has 1 aliphatic heterocycles. The maximum absolute atomic E-state index is 13.6. The van der Waals surface area contributed by atoms with E-state index >= 15 is 0 Å². The monoisotopic (exact) mass is 321 g/mol. The van der Waals surface area contributed by atoms with Crippen molar-refractivity contribution >= 4 is 17.8 Å². The Balaban J connectivity index is 2.41. The number of aromatic hydroxyl groups is 1. The van der Waals surface area contributed by atoms with E-state index in [1.807, 2.05) is 0 Å². The number of likely N-dealkylation sites (N-methyl/N-ethyl adjacent to an activating group) is 1. The van der Waals surface area contributed by atoms with Crippen LogP contribution in [0.15, 0.2) is 35.1 Å². The van der Waals surface area contributed by atoms with E-state index in [1.165, 1.54) is 26.3 Å². The Labute approximate surface area is 130 Å². The average Bonchev–Trinajstić information content (AvgIpc) is 2.76. The van der Waals surface area contributed by atoms with Crippen LogP contribution < -0.4 is 4.74 Å². The number of phenols is 1. The third-order valence-corrected chi connectivity index (χ3v) is 3.02. The fourth-order valence-corrected chi connectivity index (χ4v) is 1.88. The number of carbonyl (C=O) groups excluding carboxylic acids is 1. The molecular weight excluding hydrogens is 309 g/mol. The number of amidine groups is 1. The summed E-state index contributed by atoms with van der Waals surface area (Å²) in [4.78, 5) is 26.8. The largest absolute Gasteiger partial charge is 0.502 e. The molecule has 0 aliphatic carbocycles. The van der Waals surface area contributed by atoms with E-state index in [0.717, 1.165) is 17.0 Å². The smallest absolute Gasteiger partial charge is 0.277 e. The third-order valence-electron chi connectivity index (χ3n) is 3.02. The van der Waals surface area contributed by atoms with Crippen molar-refractivity contribution in [1.82, 2.24) is 4.90 Å². The summed E-state index contributed by atoms with van der Waals surface area (Å²) in [5.41, 5.74) is 0.222. The minimum absolute atomic E-state index is 0.0253. The summed E-state index contributed by atoms with van der Waals surface area (Å²) >= 11 is 0. The van der Waals surface area contributed by atoms with E-state index in [0.29, 0.717) is 6.20 Å². The number of nitro groups is 1. The normalized spacial score (nSPS) is 16.3. The molecule has 2 rings (SSSR count). The first-order valence-electron chi connectivity index (χ1n) is 6.30. The zero-order chi connectivity index (χ0) is 17.1. The second kappa shape index (κ2) is 6.26. The van der Waals surface area contributed by atoms with Gasteiger partial charge in [0, 0.05) is 7.05 Å². The highest BCUT2D eigenvalue weighted by atomic mass is 19.1. The summed E-state index contributed by atoms with van der Waals surface area (Å²) in [6.45, 7) is 0. The minimum Gasteiger partial charge on any atom is -0.502 e. The van der Waals surface area contributed by atoms with E-state index in [4.69, 9.17) is 4.74 Å². The van der Waals surface area contributed by atoms with Crippen molar-refractivity contribution in [1.29, 1.82) is 0 Å². The molecule has 1 aromatic carbocycles. The van der Waals surface area contributed by atoms with Crippen molar-refractivity contribution in [3.8, 4) is 11.5 Å². The molecular formula is C14H12FN3O5. The standard InChI is InChI=1S/C14H12FN3O5/c1-17-12(3-4-18(21)22)16-10(14(17)20)6-8-5-9(15)13(19)11(7-8)23-2/h3-7,19H,1-2H3/b4-3+,10-6+. The van der Waals surface area contributed by atoms with Gasteiger partial charge in [0.05, 0.1) is 18.1 Å². The number of benzene rings is 1. The number of aliphatic imine (C=N–C) groups is 1. The summed E-state index contributed by atoms with van der Waals surface area (Å²) < 4.78 is 18.4. The molecule has 120 valence electrons. The molecule has 0 spiro atoms. The molecule has 0 radical (unpaired) electrons. The number of rotatable bonds is 4. The molecule has 1 N–H and O–H groups in total. The number of carbonyl (C=O) groups is 1. The van der Waals surface area contributed by atoms with Gasteiger partial charge in [0.15, 0.2) is 17.3 Å². The molecule has 0 atom stereocenters. The lowest BCUT2D eigenvalue weighted by atomic mass is 10.1. The minimum atomic E-state index is -0.910. The Kier molecular flexibility index (Phi) is 4.39. The van der Waals surface area contributed by atoms with E-state index < -0.39 is 22.4 Å². The predicted octanol–water partition coefficient (Wildman–Crippen LogP) is 1.54. The van der Waals surface area contributed by atoms with Crippen molar-refractivity contribution < 1.29 is 24.0 Å². The van der Waals surface area contributed by atoms with Crippen LogP contribution in [0.25, 0.3) is 6.08 Å². The summed E-state index contributed by atoms with van der Waals surface area (Å²) in [5.74, 6) is -2.05. The zero-order valence-corrected chi connectivity index (χ0v) is 12.2. The van der Waals surface area contributed by atoms with E-state index in [-0.39, 0.29) is 22.8 Å². The molecule has 0 saturated heterocycles. The summed E-state index contributed by atoms with van der Waals surface area (Å²) in [6, 6.07) is 2.34. The molecule has 23 heavy (non-hydrogen) atoms. The molecule has 0 aromatic heterocycles. The Hall–Kier alpha value is -3.23. The quantitative estimate of drug-likeness (QED) is 0.514. The first kappa shape index (κ1) is 16.1. The van der Waals surface area contributed by atoms with Crippen molar-refractivity contribution in [2.45, 2.75) is 0 Å². The third kappa shape index (κ3) is 3.34. The molecule has 1 aromatic rings. The maximum atomic E-state index is 13.6. The van der Waals surface area contributed by atoms with Gasteiger partial charge in [-0.25, -0.2) is 9.38 Å². The second-order valence-electron chi connectivity index (χ2n) is 4.52. The van der Waals surface area contributed by atoms with Crippen LogP contribution in [-0.2, 0) is 4.79 Å². The highest BCUT2D eigenvalue weighted by Gasteiger charge is 2.26. The average molecular weight is 321 g/mol. The maximum Gasteiger partial charge on any atom is 0.277 e. The number of ether oxygens (including phenoxy) is 1. The van der Waals surface area contributed by atoms with E-state index in [1.54, 1.807) is 0 Å². The molecule has 0 saturated carbocycles. The molecule has 0 unspecified atom stereocenters. The topological polar surface area (TPSA) is 105 Å². The van der Waals surface area contributed by atoms with Crippen molar-refractivity contribution in [3.63, 3.8) is 0 Å². The van der Waals surface area contributed by atoms with Crippen molar-refractivity contribution in [3.05, 3.63) is 51.6 Å². The van der Waals surface area contributed by atoms with E-state index in [9.17, 15) is 24.4 Å². The van der Waals surface area contributed by atoms with Crippen LogP contribution >= 0.6 is 0 Å². The molecule has 1 amide bonds. The molecule has 1 heterocycles. The number of hydrogen-bond donors (Lipinski definition) is 1. The van der Waals surface area contributed by atoms with Gasteiger partial charge in [-0.2, -0.15) is 0 Å². The number of hydrogen-bond acceptors (Lipinski definition) is 6. The lowest BCUT2D eigenvalue weighted by molar-refractivity contribution is -0.402. The highest BCUT2D eigenvalue weighted by molar-refractivity contribution is 6.17. The van der Waals surface area contributed by atoms with Crippen LogP contribution in [0.3, 0.4) is 0 Å². The van der Waals surface area contributed by atoms with Crippen LogP contribution in [0.5, 0.6) is 11.5 Å². The van der Waals surface area contributed by atoms with E-state index in [2.05, 4.69) is 4.99 Å². The summed E-state index contributed by atoms with van der Waals surface area (Å²) in [7, 11) is 2.67. The fraction of sp³-hybridized carbons (Fsp3) is 0.143. The number of nitrogens with zero attached hydrogens (tertiary/aromatic N) is 3. The van der Waals surface area contributed by atoms with Crippen LogP contribution in [0.4, 0.5) is 4.39 Å². The van der Waals surface area contributed by atoms with Gasteiger partial charge < -0.3 is 9.84 Å². The Morgan fingerprint density at radius 1 is 1.48 bits per heavy atom. The van der Waals surface area contributed by atoms with Gasteiger partial charge in [-0.15, -0.1) is 0 Å². The van der Waals surface area contributed by atoms with Gasteiger partial charge >= 0.3 is 0 Å².